The highest BCUT2D eigenvalue weighted by molar-refractivity contribution is 5.85. The molecule has 25 heavy (non-hydrogen) atoms. The number of aromatic nitrogens is 1. The second-order valence-electron chi connectivity index (χ2n) is 5.06. The van der Waals surface area contributed by atoms with Gasteiger partial charge in [-0.25, -0.2) is 0 Å². The van der Waals surface area contributed by atoms with Gasteiger partial charge in [-0.2, -0.15) is 26.3 Å². The van der Waals surface area contributed by atoms with Crippen molar-refractivity contribution in [2.75, 3.05) is 0 Å². The molecule has 0 bridgehead atoms. The monoisotopic (exact) mass is 364 g/mol. The Balaban J connectivity index is 2.55. The molecule has 4 nitrogen and oxygen atoms in total. The summed E-state index contributed by atoms with van der Waals surface area (Å²) in [5.74, 6) is -1.81. The Hall–Kier alpha value is -2.78. The zero-order chi connectivity index (χ0) is 19.0. The normalized spacial score (nSPS) is 12.2. The fourth-order valence-electron chi connectivity index (χ4n) is 2.12. The van der Waals surface area contributed by atoms with E-state index in [0.717, 1.165) is 18.3 Å². The fourth-order valence-corrected chi connectivity index (χ4v) is 2.12. The topological polar surface area (TPSA) is 62.1 Å². The molecular weight excluding hydrogens is 356 g/mol. The van der Waals surface area contributed by atoms with Crippen molar-refractivity contribution in [3.8, 4) is 0 Å². The Morgan fingerprint density at radius 2 is 1.52 bits per heavy atom. The molecule has 10 heteroatoms. The van der Waals surface area contributed by atoms with Crippen LogP contribution in [-0.2, 0) is 18.9 Å². The summed E-state index contributed by atoms with van der Waals surface area (Å²) in [4.78, 5) is 22.7. The van der Waals surface area contributed by atoms with Gasteiger partial charge in [-0.05, 0) is 35.9 Å². The van der Waals surface area contributed by atoms with Gasteiger partial charge in [0.05, 0.1) is 29.2 Å². The molecule has 1 heterocycles. The molecule has 2 aromatic rings. The van der Waals surface area contributed by atoms with E-state index in [1.165, 1.54) is 0 Å². The maximum atomic E-state index is 12.8. The molecule has 0 fully saturated rings. The molecule has 0 aliphatic heterocycles. The first-order valence-corrected chi connectivity index (χ1v) is 6.59. The van der Waals surface area contributed by atoms with Gasteiger partial charge in [-0.1, -0.05) is 0 Å². The summed E-state index contributed by atoms with van der Waals surface area (Å²) in [7, 11) is 0. The molecule has 1 aromatic carbocycles. The zero-order valence-corrected chi connectivity index (χ0v) is 12.1. The van der Waals surface area contributed by atoms with E-state index in [9.17, 15) is 41.0 Å². The number of carboxylic acids is 1. The summed E-state index contributed by atoms with van der Waals surface area (Å²) in [5, 5.41) is 10.8. The number of carbonyl (C=O) groups is 1. The number of halogens is 6. The summed E-state index contributed by atoms with van der Waals surface area (Å²) in [5.41, 5.74) is -5.37. The summed E-state index contributed by atoms with van der Waals surface area (Å²) in [6, 6.07) is 2.93. The van der Waals surface area contributed by atoms with Crippen LogP contribution in [0, 0.1) is 0 Å². The second-order valence-corrected chi connectivity index (χ2v) is 5.06. The van der Waals surface area contributed by atoms with Crippen molar-refractivity contribution in [3.05, 3.63) is 69.1 Å². The first-order valence-electron chi connectivity index (χ1n) is 6.59. The largest absolute Gasteiger partial charge is 0.545 e. The number of nitrogens with zero attached hydrogens (tertiary/aromatic N) is 1. The Bertz CT molecular complexity index is 835. The van der Waals surface area contributed by atoms with Crippen LogP contribution in [0.1, 0.15) is 27.0 Å². The predicted octanol–water partition coefficient (Wildman–Crippen LogP) is 2.30. The quantitative estimate of drug-likeness (QED) is 0.786. The van der Waals surface area contributed by atoms with Crippen molar-refractivity contribution in [1.29, 1.82) is 0 Å². The van der Waals surface area contributed by atoms with Gasteiger partial charge < -0.3 is 14.5 Å². The van der Waals surface area contributed by atoms with Gasteiger partial charge in [0, 0.05) is 6.20 Å². The highest BCUT2D eigenvalue weighted by Gasteiger charge is 2.36. The predicted molar refractivity (Wildman–Crippen MR) is 70.6 cm³/mol. The fraction of sp³-hybridized carbons (Fsp3) is 0.200. The Kier molecular flexibility index (Phi) is 4.65. The van der Waals surface area contributed by atoms with Crippen LogP contribution in [0.3, 0.4) is 0 Å². The molecule has 0 spiro atoms. The molecule has 0 atom stereocenters. The van der Waals surface area contributed by atoms with E-state index in [1.54, 1.807) is 0 Å². The summed E-state index contributed by atoms with van der Waals surface area (Å²) in [6.07, 6.45) is -9.00. The third kappa shape index (κ3) is 4.20. The van der Waals surface area contributed by atoms with Crippen LogP contribution in [0.5, 0.6) is 0 Å². The number of pyridine rings is 1. The van der Waals surface area contributed by atoms with E-state index in [4.69, 9.17) is 0 Å². The smallest absolute Gasteiger partial charge is 0.416 e. The van der Waals surface area contributed by atoms with Crippen LogP contribution < -0.4 is 10.7 Å². The van der Waals surface area contributed by atoms with Gasteiger partial charge in [0.2, 0.25) is 0 Å². The van der Waals surface area contributed by atoms with Crippen molar-refractivity contribution in [2.45, 2.75) is 18.9 Å². The van der Waals surface area contributed by atoms with Crippen LogP contribution in [0.4, 0.5) is 26.3 Å². The lowest BCUT2D eigenvalue weighted by Crippen LogP contribution is -2.33. The molecule has 0 N–H and O–H groups in total. The van der Waals surface area contributed by atoms with Crippen LogP contribution >= 0.6 is 0 Å². The van der Waals surface area contributed by atoms with Gasteiger partial charge >= 0.3 is 12.4 Å². The molecule has 0 saturated heterocycles. The standard InChI is InChI=1S/C15H9F6NO3/c16-14(17,18)9-4-8(5-10(6-9)15(19,20)21)7-22-3-1-2-11(12(22)23)13(24)25/h1-6H,7H2,(H,24,25)/p-1. The highest BCUT2D eigenvalue weighted by atomic mass is 19.4. The Morgan fingerprint density at radius 3 is 1.96 bits per heavy atom. The number of hydrogen-bond acceptors (Lipinski definition) is 3. The first kappa shape index (κ1) is 18.6. The molecule has 1 aromatic heterocycles. The molecular formula is C15H8F6NO3-. The average Bonchev–Trinajstić information content (AvgIpc) is 2.47. The van der Waals surface area contributed by atoms with Crippen molar-refractivity contribution in [3.63, 3.8) is 0 Å². The van der Waals surface area contributed by atoms with E-state index in [-0.39, 0.29) is 6.07 Å². The van der Waals surface area contributed by atoms with Crippen molar-refractivity contribution in [1.82, 2.24) is 4.57 Å². The second kappa shape index (κ2) is 6.26. The number of hydrogen-bond donors (Lipinski definition) is 0. The number of benzene rings is 1. The van der Waals surface area contributed by atoms with Crippen LogP contribution in [0.15, 0.2) is 41.3 Å². The SMILES string of the molecule is O=C([O-])c1cccn(Cc2cc(C(F)(F)F)cc(C(F)(F)F)c2)c1=O. The van der Waals surface area contributed by atoms with E-state index in [2.05, 4.69) is 0 Å². The summed E-state index contributed by atoms with van der Waals surface area (Å²) >= 11 is 0. The van der Waals surface area contributed by atoms with Gasteiger partial charge in [0.25, 0.3) is 5.56 Å². The lowest BCUT2D eigenvalue weighted by molar-refractivity contribution is -0.255. The third-order valence-electron chi connectivity index (χ3n) is 3.24. The number of carboxylic acid groups (broad SMARTS) is 1. The van der Waals surface area contributed by atoms with Crippen LogP contribution in [0.2, 0.25) is 0 Å². The average molecular weight is 364 g/mol. The maximum Gasteiger partial charge on any atom is 0.416 e. The third-order valence-corrected chi connectivity index (χ3v) is 3.24. The Labute approximate surface area is 135 Å². The lowest BCUT2D eigenvalue weighted by atomic mass is 10.0. The van der Waals surface area contributed by atoms with E-state index >= 15 is 0 Å². The van der Waals surface area contributed by atoms with Gasteiger partial charge in [-0.3, -0.25) is 4.79 Å². The maximum absolute atomic E-state index is 12.8. The first-order chi connectivity index (χ1) is 11.4. The van der Waals surface area contributed by atoms with Crippen molar-refractivity contribution in [2.24, 2.45) is 0 Å². The van der Waals surface area contributed by atoms with Gasteiger partial charge in [0.1, 0.15) is 0 Å². The van der Waals surface area contributed by atoms with Crippen LogP contribution in [-0.4, -0.2) is 10.5 Å². The highest BCUT2D eigenvalue weighted by Crippen LogP contribution is 2.36. The number of carbonyl (C=O) groups excluding carboxylic acids is 1. The molecule has 134 valence electrons. The molecule has 2 rings (SSSR count). The number of aromatic carboxylic acids is 1. The molecule has 0 aliphatic rings. The zero-order valence-electron chi connectivity index (χ0n) is 12.1. The minimum atomic E-state index is -5.02. The van der Waals surface area contributed by atoms with E-state index in [1.807, 2.05) is 0 Å². The van der Waals surface area contributed by atoms with Crippen molar-refractivity contribution < 1.29 is 36.2 Å². The minimum Gasteiger partial charge on any atom is -0.545 e. The summed E-state index contributed by atoms with van der Waals surface area (Å²) in [6.45, 7) is -0.674. The van der Waals surface area contributed by atoms with E-state index in [0.29, 0.717) is 16.7 Å². The van der Waals surface area contributed by atoms with Gasteiger partial charge in [0.15, 0.2) is 0 Å². The van der Waals surface area contributed by atoms with Crippen molar-refractivity contribution >= 4 is 5.97 Å². The number of rotatable bonds is 3. The molecule has 0 saturated carbocycles. The van der Waals surface area contributed by atoms with E-state index < -0.39 is 52.7 Å². The van der Waals surface area contributed by atoms with Crippen LogP contribution in [0.25, 0.3) is 0 Å². The minimum absolute atomic E-state index is 0.0378. The Morgan fingerprint density at radius 1 is 1.00 bits per heavy atom. The molecule has 0 amide bonds. The molecule has 0 aliphatic carbocycles. The molecule has 0 unspecified atom stereocenters. The number of alkyl halides is 6. The van der Waals surface area contributed by atoms with Gasteiger partial charge in [-0.15, -0.1) is 0 Å². The summed E-state index contributed by atoms with van der Waals surface area (Å²) < 4.78 is 77.5. The lowest BCUT2D eigenvalue weighted by Gasteiger charge is -2.15. The molecule has 0 radical (unpaired) electrons.